The number of amides is 1. The molecule has 0 heterocycles. The molecule has 86 valence electrons. The van der Waals surface area contributed by atoms with Crippen LogP contribution in [0.3, 0.4) is 0 Å². The van der Waals surface area contributed by atoms with E-state index in [9.17, 15) is 4.79 Å². The normalized spacial score (nSPS) is 15.2. The number of hydrogen-bond donors (Lipinski definition) is 1. The number of nitriles is 1. The van der Waals surface area contributed by atoms with E-state index in [1.54, 1.807) is 18.7 Å². The Bertz CT molecular complexity index is 270. The minimum absolute atomic E-state index is 0.0137. The van der Waals surface area contributed by atoms with Gasteiger partial charge in [-0.15, -0.1) is 0 Å². The van der Waals surface area contributed by atoms with Gasteiger partial charge in [-0.3, -0.25) is 4.79 Å². The Morgan fingerprint density at radius 3 is 2.33 bits per heavy atom. The van der Waals surface area contributed by atoms with Crippen LogP contribution in [0.25, 0.3) is 0 Å². The van der Waals surface area contributed by atoms with Gasteiger partial charge in [0.15, 0.2) is 0 Å². The topological polar surface area (TPSA) is 52.9 Å². The van der Waals surface area contributed by atoms with Gasteiger partial charge in [0.25, 0.3) is 0 Å². The molecule has 0 aliphatic heterocycles. The van der Waals surface area contributed by atoms with Gasteiger partial charge in [0.1, 0.15) is 5.41 Å². The average molecular weight is 228 g/mol. The maximum atomic E-state index is 11.7. The van der Waals surface area contributed by atoms with Gasteiger partial charge in [-0.05, 0) is 33.4 Å². The summed E-state index contributed by atoms with van der Waals surface area (Å²) in [7, 11) is 0. The molecule has 0 saturated carbocycles. The fourth-order valence-corrected chi connectivity index (χ4v) is 1.07. The molecule has 1 amide bonds. The van der Waals surface area contributed by atoms with E-state index in [-0.39, 0.29) is 10.7 Å². The number of nitrogens with zero attached hydrogens (tertiary/aromatic N) is 1. The molecule has 0 saturated heterocycles. The molecule has 0 aromatic carbocycles. The Kier molecular flexibility index (Phi) is 5.16. The maximum Gasteiger partial charge on any atom is 0.240 e. The van der Waals surface area contributed by atoms with Gasteiger partial charge in [-0.2, -0.15) is 17.0 Å². The summed E-state index contributed by atoms with van der Waals surface area (Å²) in [5.41, 5.74) is -0.894. The van der Waals surface area contributed by atoms with Crippen molar-refractivity contribution in [1.82, 2.24) is 5.32 Å². The lowest BCUT2D eigenvalue weighted by molar-refractivity contribution is -0.127. The van der Waals surface area contributed by atoms with Gasteiger partial charge in [-0.25, -0.2) is 0 Å². The van der Waals surface area contributed by atoms with Gasteiger partial charge >= 0.3 is 0 Å². The molecule has 0 aliphatic rings. The third-order valence-corrected chi connectivity index (χ3v) is 3.93. The van der Waals surface area contributed by atoms with E-state index in [1.165, 1.54) is 0 Å². The second kappa shape index (κ2) is 5.41. The molecule has 1 N–H and O–H groups in total. The van der Waals surface area contributed by atoms with E-state index in [1.807, 2.05) is 13.2 Å². The van der Waals surface area contributed by atoms with E-state index in [0.29, 0.717) is 13.0 Å². The minimum Gasteiger partial charge on any atom is -0.353 e. The summed E-state index contributed by atoms with van der Waals surface area (Å²) in [5, 5.41) is 11.8. The highest BCUT2D eigenvalue weighted by molar-refractivity contribution is 7.99. The first kappa shape index (κ1) is 14.3. The van der Waals surface area contributed by atoms with Gasteiger partial charge in [0, 0.05) is 11.3 Å². The Hall–Kier alpha value is -0.690. The molecule has 1 unspecified atom stereocenters. The van der Waals surface area contributed by atoms with Crippen molar-refractivity contribution in [2.45, 2.75) is 38.9 Å². The lowest BCUT2D eigenvalue weighted by atomic mass is 9.88. The Morgan fingerprint density at radius 1 is 1.47 bits per heavy atom. The van der Waals surface area contributed by atoms with Crippen LogP contribution in [0.1, 0.15) is 34.1 Å². The molecule has 0 spiro atoms. The summed E-state index contributed by atoms with van der Waals surface area (Å²) in [6.45, 7) is 8.24. The molecule has 4 heteroatoms. The standard InChI is InChI=1S/C11H20N2OS/c1-6-11(4,7-12)9(14)13-8-10(2,3)15-5/h6,8H2,1-5H3,(H,13,14). The lowest BCUT2D eigenvalue weighted by Gasteiger charge is -2.25. The summed E-state index contributed by atoms with van der Waals surface area (Å²) in [6.07, 6.45) is 2.55. The van der Waals surface area contributed by atoms with Crippen molar-refractivity contribution in [3.8, 4) is 6.07 Å². The van der Waals surface area contributed by atoms with Crippen LogP contribution in [0.5, 0.6) is 0 Å². The molecular weight excluding hydrogens is 208 g/mol. The van der Waals surface area contributed by atoms with Crippen molar-refractivity contribution in [1.29, 1.82) is 5.26 Å². The molecule has 0 aliphatic carbocycles. The van der Waals surface area contributed by atoms with Crippen LogP contribution in [-0.2, 0) is 4.79 Å². The highest BCUT2D eigenvalue weighted by atomic mass is 32.2. The van der Waals surface area contributed by atoms with E-state index in [4.69, 9.17) is 5.26 Å². The first-order valence-corrected chi connectivity index (χ1v) is 6.28. The van der Waals surface area contributed by atoms with Crippen LogP contribution >= 0.6 is 11.8 Å². The van der Waals surface area contributed by atoms with E-state index >= 15 is 0 Å². The fourth-order valence-electron chi connectivity index (χ4n) is 0.851. The zero-order valence-electron chi connectivity index (χ0n) is 10.2. The molecule has 0 fully saturated rings. The van der Waals surface area contributed by atoms with Crippen LogP contribution in [0.2, 0.25) is 0 Å². The minimum atomic E-state index is -0.894. The molecule has 1 atom stereocenters. The van der Waals surface area contributed by atoms with Crippen molar-refractivity contribution in [3.63, 3.8) is 0 Å². The van der Waals surface area contributed by atoms with Gasteiger partial charge < -0.3 is 5.32 Å². The Balaban J connectivity index is 4.34. The number of nitrogens with one attached hydrogen (secondary N) is 1. The van der Waals surface area contributed by atoms with Crippen LogP contribution in [0.4, 0.5) is 0 Å². The monoisotopic (exact) mass is 228 g/mol. The second-order valence-corrected chi connectivity index (χ2v) is 5.96. The van der Waals surface area contributed by atoms with Crippen molar-refractivity contribution >= 4 is 17.7 Å². The maximum absolute atomic E-state index is 11.7. The Morgan fingerprint density at radius 2 is 2.00 bits per heavy atom. The first-order chi connectivity index (χ1) is 6.81. The Labute approximate surface area is 96.6 Å². The van der Waals surface area contributed by atoms with E-state index in [2.05, 4.69) is 25.2 Å². The summed E-state index contributed by atoms with van der Waals surface area (Å²) in [4.78, 5) is 11.7. The quantitative estimate of drug-likeness (QED) is 0.784. The van der Waals surface area contributed by atoms with Crippen molar-refractivity contribution < 1.29 is 4.79 Å². The zero-order valence-corrected chi connectivity index (χ0v) is 11.0. The average Bonchev–Trinajstić information content (AvgIpc) is 2.24. The molecule has 0 radical (unpaired) electrons. The third kappa shape index (κ3) is 4.13. The fraction of sp³-hybridized carbons (Fsp3) is 0.818. The predicted molar refractivity (Wildman–Crippen MR) is 64.6 cm³/mol. The van der Waals surface area contributed by atoms with Crippen LogP contribution in [0, 0.1) is 16.7 Å². The zero-order chi connectivity index (χ0) is 12.1. The molecule has 3 nitrogen and oxygen atoms in total. The molecule has 0 aromatic rings. The number of hydrogen-bond acceptors (Lipinski definition) is 3. The number of carbonyl (C=O) groups is 1. The number of carbonyl (C=O) groups excluding carboxylic acids is 1. The predicted octanol–water partition coefficient (Wildman–Crippen LogP) is 2.18. The first-order valence-electron chi connectivity index (χ1n) is 5.06. The van der Waals surface area contributed by atoms with Crippen LogP contribution < -0.4 is 5.32 Å². The van der Waals surface area contributed by atoms with Gasteiger partial charge in [0.2, 0.25) is 5.91 Å². The SMILES string of the molecule is CCC(C)(C#N)C(=O)NCC(C)(C)SC. The highest BCUT2D eigenvalue weighted by Crippen LogP contribution is 2.22. The van der Waals surface area contributed by atoms with Gasteiger partial charge in [-0.1, -0.05) is 6.92 Å². The summed E-state index contributed by atoms with van der Waals surface area (Å²) in [5.74, 6) is -0.172. The summed E-state index contributed by atoms with van der Waals surface area (Å²) < 4.78 is 0.0137. The third-order valence-electron chi connectivity index (χ3n) is 2.68. The largest absolute Gasteiger partial charge is 0.353 e. The molecule has 0 rings (SSSR count). The summed E-state index contributed by atoms with van der Waals surface area (Å²) >= 11 is 1.70. The van der Waals surface area contributed by atoms with E-state index < -0.39 is 5.41 Å². The van der Waals surface area contributed by atoms with Crippen LogP contribution in [0.15, 0.2) is 0 Å². The van der Waals surface area contributed by atoms with Crippen molar-refractivity contribution in [3.05, 3.63) is 0 Å². The van der Waals surface area contributed by atoms with E-state index in [0.717, 1.165) is 0 Å². The molecular formula is C11H20N2OS. The van der Waals surface area contributed by atoms with Gasteiger partial charge in [0.05, 0.1) is 6.07 Å². The molecule has 15 heavy (non-hydrogen) atoms. The second-order valence-electron chi connectivity index (χ2n) is 4.44. The van der Waals surface area contributed by atoms with Crippen molar-refractivity contribution in [2.24, 2.45) is 5.41 Å². The van der Waals surface area contributed by atoms with Crippen LogP contribution in [-0.4, -0.2) is 23.5 Å². The number of thioether (sulfide) groups is 1. The highest BCUT2D eigenvalue weighted by Gasteiger charge is 2.32. The summed E-state index contributed by atoms with van der Waals surface area (Å²) in [6, 6.07) is 2.06. The number of rotatable bonds is 5. The lowest BCUT2D eigenvalue weighted by Crippen LogP contribution is -2.43. The van der Waals surface area contributed by atoms with Crippen molar-refractivity contribution in [2.75, 3.05) is 12.8 Å². The molecule has 0 aromatic heterocycles. The molecule has 0 bridgehead atoms. The smallest absolute Gasteiger partial charge is 0.240 e.